The Kier molecular flexibility index (Phi) is 3.47. The van der Waals surface area contributed by atoms with Crippen molar-refractivity contribution in [2.75, 3.05) is 0 Å². The Balaban J connectivity index is 2.32. The van der Waals surface area contributed by atoms with Gasteiger partial charge in [0.15, 0.2) is 0 Å². The third-order valence-electron chi connectivity index (χ3n) is 3.26. The van der Waals surface area contributed by atoms with Crippen LogP contribution in [0.1, 0.15) is 44.1 Å². The normalized spacial score (nSPS) is 23.4. The number of aryl methyl sites for hydroxylation is 1. The minimum absolute atomic E-state index is 0.105. The SMILES string of the molecule is CCCn1cnc2c1C(CC)NC(C(=O)O)C2. The van der Waals surface area contributed by atoms with Crippen molar-refractivity contribution < 1.29 is 9.90 Å². The summed E-state index contributed by atoms with van der Waals surface area (Å²) in [6.45, 7) is 5.14. The van der Waals surface area contributed by atoms with Crippen LogP contribution in [0, 0.1) is 0 Å². The van der Waals surface area contributed by atoms with Crippen LogP contribution in [-0.2, 0) is 17.8 Å². The lowest BCUT2D eigenvalue weighted by molar-refractivity contribution is -0.139. The van der Waals surface area contributed by atoms with Crippen LogP contribution in [0.25, 0.3) is 0 Å². The predicted octanol–water partition coefficient (Wildman–Crippen LogP) is 1.34. The molecular weight excluding hydrogens is 218 g/mol. The fourth-order valence-corrected chi connectivity index (χ4v) is 2.45. The fraction of sp³-hybridized carbons (Fsp3) is 0.667. The van der Waals surface area contributed by atoms with Gasteiger partial charge < -0.3 is 9.67 Å². The number of aliphatic carboxylic acids is 1. The third-order valence-corrected chi connectivity index (χ3v) is 3.26. The van der Waals surface area contributed by atoms with Crippen molar-refractivity contribution >= 4 is 5.97 Å². The highest BCUT2D eigenvalue weighted by molar-refractivity contribution is 5.74. The van der Waals surface area contributed by atoms with Gasteiger partial charge in [0.2, 0.25) is 0 Å². The van der Waals surface area contributed by atoms with E-state index in [1.807, 2.05) is 6.33 Å². The first-order valence-electron chi connectivity index (χ1n) is 6.20. The highest BCUT2D eigenvalue weighted by atomic mass is 16.4. The van der Waals surface area contributed by atoms with Crippen LogP contribution >= 0.6 is 0 Å². The van der Waals surface area contributed by atoms with Crippen molar-refractivity contribution in [3.05, 3.63) is 17.7 Å². The number of hydrogen-bond acceptors (Lipinski definition) is 3. The maximum Gasteiger partial charge on any atom is 0.321 e. The number of carbonyl (C=O) groups is 1. The summed E-state index contributed by atoms with van der Waals surface area (Å²) in [5.41, 5.74) is 2.11. The highest BCUT2D eigenvalue weighted by Crippen LogP contribution is 2.27. The number of carboxylic acid groups (broad SMARTS) is 1. The number of nitrogens with zero attached hydrogens (tertiary/aromatic N) is 2. The van der Waals surface area contributed by atoms with Crippen molar-refractivity contribution in [3.63, 3.8) is 0 Å². The summed E-state index contributed by atoms with van der Waals surface area (Å²) in [5.74, 6) is -0.792. The summed E-state index contributed by atoms with van der Waals surface area (Å²) in [5, 5.41) is 12.3. The molecule has 1 aromatic heterocycles. The number of imidazole rings is 1. The van der Waals surface area contributed by atoms with Gasteiger partial charge in [0.25, 0.3) is 0 Å². The van der Waals surface area contributed by atoms with Crippen LogP contribution in [0.3, 0.4) is 0 Å². The van der Waals surface area contributed by atoms with Crippen LogP contribution in [-0.4, -0.2) is 26.7 Å². The second-order valence-corrected chi connectivity index (χ2v) is 4.49. The first kappa shape index (κ1) is 12.1. The van der Waals surface area contributed by atoms with E-state index in [1.54, 1.807) is 0 Å². The number of aromatic nitrogens is 2. The molecule has 0 radical (unpaired) electrons. The van der Waals surface area contributed by atoms with E-state index in [-0.39, 0.29) is 6.04 Å². The van der Waals surface area contributed by atoms with Gasteiger partial charge in [-0.15, -0.1) is 0 Å². The van der Waals surface area contributed by atoms with Crippen molar-refractivity contribution in [1.29, 1.82) is 0 Å². The molecule has 0 aromatic carbocycles. The summed E-state index contributed by atoms with van der Waals surface area (Å²) < 4.78 is 2.15. The Morgan fingerprint density at radius 3 is 3.00 bits per heavy atom. The van der Waals surface area contributed by atoms with Gasteiger partial charge in [0.05, 0.1) is 17.7 Å². The molecule has 2 heterocycles. The van der Waals surface area contributed by atoms with Gasteiger partial charge in [0.1, 0.15) is 6.04 Å². The van der Waals surface area contributed by atoms with E-state index >= 15 is 0 Å². The zero-order valence-corrected chi connectivity index (χ0v) is 10.3. The summed E-state index contributed by atoms with van der Waals surface area (Å²) in [4.78, 5) is 15.4. The first-order chi connectivity index (χ1) is 8.17. The molecule has 1 aliphatic heterocycles. The summed E-state index contributed by atoms with van der Waals surface area (Å²) in [6, 6.07) is -0.397. The molecule has 1 aliphatic rings. The quantitative estimate of drug-likeness (QED) is 0.829. The number of rotatable bonds is 4. The molecule has 2 rings (SSSR count). The van der Waals surface area contributed by atoms with E-state index in [2.05, 4.69) is 28.7 Å². The molecule has 5 heteroatoms. The summed E-state index contributed by atoms with van der Waals surface area (Å²) >= 11 is 0. The Hall–Kier alpha value is -1.36. The average Bonchev–Trinajstić information content (AvgIpc) is 2.72. The van der Waals surface area contributed by atoms with Gasteiger partial charge in [-0.3, -0.25) is 10.1 Å². The van der Waals surface area contributed by atoms with Gasteiger partial charge in [-0.2, -0.15) is 0 Å². The molecule has 0 spiro atoms. The van der Waals surface area contributed by atoms with E-state index in [4.69, 9.17) is 5.11 Å². The summed E-state index contributed by atoms with van der Waals surface area (Å²) in [6.07, 6.45) is 4.26. The Labute approximate surface area is 101 Å². The topological polar surface area (TPSA) is 67.2 Å². The van der Waals surface area contributed by atoms with Crippen molar-refractivity contribution in [1.82, 2.24) is 14.9 Å². The van der Waals surface area contributed by atoms with Crippen LogP contribution in [0.4, 0.5) is 0 Å². The number of fused-ring (bicyclic) bond motifs is 1. The van der Waals surface area contributed by atoms with Gasteiger partial charge >= 0.3 is 5.97 Å². The Bertz CT molecular complexity index is 414. The predicted molar refractivity (Wildman–Crippen MR) is 63.8 cm³/mol. The monoisotopic (exact) mass is 237 g/mol. The lowest BCUT2D eigenvalue weighted by Crippen LogP contribution is -2.45. The number of nitrogens with one attached hydrogen (secondary N) is 1. The minimum Gasteiger partial charge on any atom is -0.480 e. The summed E-state index contributed by atoms with van der Waals surface area (Å²) in [7, 11) is 0. The second kappa shape index (κ2) is 4.87. The molecule has 2 N–H and O–H groups in total. The molecule has 0 saturated carbocycles. The van der Waals surface area contributed by atoms with Crippen LogP contribution in [0.15, 0.2) is 6.33 Å². The molecule has 2 unspecified atom stereocenters. The average molecular weight is 237 g/mol. The maximum atomic E-state index is 11.1. The Morgan fingerprint density at radius 2 is 2.41 bits per heavy atom. The van der Waals surface area contributed by atoms with Crippen LogP contribution < -0.4 is 5.32 Å². The van der Waals surface area contributed by atoms with Gasteiger partial charge in [-0.25, -0.2) is 4.98 Å². The maximum absolute atomic E-state index is 11.1. The van der Waals surface area contributed by atoms with Crippen LogP contribution in [0.2, 0.25) is 0 Å². The molecule has 2 atom stereocenters. The molecule has 94 valence electrons. The first-order valence-corrected chi connectivity index (χ1v) is 6.20. The van der Waals surface area contributed by atoms with E-state index in [0.717, 1.165) is 25.1 Å². The lowest BCUT2D eigenvalue weighted by Gasteiger charge is -2.29. The van der Waals surface area contributed by atoms with Crippen LogP contribution in [0.5, 0.6) is 0 Å². The van der Waals surface area contributed by atoms with Gasteiger partial charge in [-0.1, -0.05) is 13.8 Å². The third kappa shape index (κ3) is 2.20. The smallest absolute Gasteiger partial charge is 0.321 e. The zero-order valence-electron chi connectivity index (χ0n) is 10.3. The van der Waals surface area contributed by atoms with Gasteiger partial charge in [0, 0.05) is 19.0 Å². The van der Waals surface area contributed by atoms with E-state index in [1.165, 1.54) is 5.69 Å². The molecule has 1 aromatic rings. The highest BCUT2D eigenvalue weighted by Gasteiger charge is 2.32. The standard InChI is InChI=1S/C12H19N3O2/c1-3-5-15-7-13-9-6-10(12(16)17)14-8(4-2)11(9)15/h7-8,10,14H,3-6H2,1-2H3,(H,16,17). The van der Waals surface area contributed by atoms with Gasteiger partial charge in [-0.05, 0) is 12.8 Å². The molecule has 0 bridgehead atoms. The second-order valence-electron chi connectivity index (χ2n) is 4.49. The van der Waals surface area contributed by atoms with Crippen molar-refractivity contribution in [2.24, 2.45) is 0 Å². The van der Waals surface area contributed by atoms with E-state index < -0.39 is 12.0 Å². The molecule has 0 aliphatic carbocycles. The molecule has 17 heavy (non-hydrogen) atoms. The molecular formula is C12H19N3O2. The van der Waals surface area contributed by atoms with Crippen molar-refractivity contribution in [2.45, 2.75) is 51.7 Å². The van der Waals surface area contributed by atoms with E-state index in [9.17, 15) is 4.79 Å². The Morgan fingerprint density at radius 1 is 1.65 bits per heavy atom. The number of hydrogen-bond donors (Lipinski definition) is 2. The lowest BCUT2D eigenvalue weighted by atomic mass is 9.97. The fourth-order valence-electron chi connectivity index (χ4n) is 2.45. The minimum atomic E-state index is -0.792. The largest absolute Gasteiger partial charge is 0.480 e. The molecule has 0 saturated heterocycles. The molecule has 0 amide bonds. The number of carboxylic acids is 1. The molecule has 5 nitrogen and oxygen atoms in total. The van der Waals surface area contributed by atoms with Crippen molar-refractivity contribution in [3.8, 4) is 0 Å². The molecule has 0 fully saturated rings. The van der Waals surface area contributed by atoms with E-state index in [0.29, 0.717) is 6.42 Å². The zero-order chi connectivity index (χ0) is 12.4.